The third-order valence-corrected chi connectivity index (χ3v) is 6.35. The van der Waals surface area contributed by atoms with E-state index in [0.717, 1.165) is 42.8 Å². The number of phenols is 1. The number of carbonyl (C=O) groups excluding carboxylic acids is 1. The number of aromatic hydroxyl groups is 1. The molecule has 4 N–H and O–H groups in total. The van der Waals surface area contributed by atoms with Crippen molar-refractivity contribution in [3.63, 3.8) is 0 Å². The van der Waals surface area contributed by atoms with E-state index < -0.39 is 0 Å². The van der Waals surface area contributed by atoms with Gasteiger partial charge in [-0.2, -0.15) is 5.10 Å². The Hall–Kier alpha value is -3.75. The summed E-state index contributed by atoms with van der Waals surface area (Å²) in [6.07, 6.45) is 0. The molecule has 8 heteroatoms. The van der Waals surface area contributed by atoms with Crippen molar-refractivity contribution in [2.24, 2.45) is 0 Å². The standard InChI is InChI=1S/C26H28N6O2/c1-17-24-21(15-22(29-25(24)31-30-17)18-7-9-20(33)10-8-18)26(34)28-16-23(19-5-3-2-4-6-19)32-13-11-27-12-14-32/h2-10,15,23,27,33H,11-14,16H2,1H3,(H,28,34)(H,29,30,31). The molecule has 0 spiro atoms. The second kappa shape index (κ2) is 9.62. The maximum atomic E-state index is 13.5. The van der Waals surface area contributed by atoms with Crippen LogP contribution in [0.2, 0.25) is 0 Å². The minimum Gasteiger partial charge on any atom is -0.508 e. The number of nitrogens with one attached hydrogen (secondary N) is 3. The largest absolute Gasteiger partial charge is 0.508 e. The number of fused-ring (bicyclic) bond motifs is 1. The van der Waals surface area contributed by atoms with Gasteiger partial charge in [-0.3, -0.25) is 14.8 Å². The average molecular weight is 457 g/mol. The first-order valence-corrected chi connectivity index (χ1v) is 11.5. The molecule has 1 fully saturated rings. The van der Waals surface area contributed by atoms with Crippen molar-refractivity contribution in [1.82, 2.24) is 30.7 Å². The second-order valence-electron chi connectivity index (χ2n) is 8.56. The SMILES string of the molecule is Cc1n[nH]c2nc(-c3ccc(O)cc3)cc(C(=O)NCC(c3ccccc3)N3CCNCC3)c12. The number of piperazine rings is 1. The number of aromatic nitrogens is 3. The summed E-state index contributed by atoms with van der Waals surface area (Å²) < 4.78 is 0. The Morgan fingerprint density at radius 1 is 1.12 bits per heavy atom. The lowest BCUT2D eigenvalue weighted by molar-refractivity contribution is 0.0929. The summed E-state index contributed by atoms with van der Waals surface area (Å²) in [4.78, 5) is 20.6. The topological polar surface area (TPSA) is 106 Å². The van der Waals surface area contributed by atoms with Crippen LogP contribution in [0.3, 0.4) is 0 Å². The van der Waals surface area contributed by atoms with Crippen LogP contribution in [0.5, 0.6) is 5.75 Å². The van der Waals surface area contributed by atoms with Gasteiger partial charge in [0.05, 0.1) is 28.4 Å². The Balaban J connectivity index is 1.45. The lowest BCUT2D eigenvalue weighted by Crippen LogP contribution is -2.48. The molecule has 2 aromatic heterocycles. The van der Waals surface area contributed by atoms with Crippen LogP contribution in [0.15, 0.2) is 60.7 Å². The Labute approximate surface area is 198 Å². The Morgan fingerprint density at radius 2 is 1.85 bits per heavy atom. The normalized spacial score (nSPS) is 15.3. The molecular weight excluding hydrogens is 428 g/mol. The van der Waals surface area contributed by atoms with Gasteiger partial charge in [-0.25, -0.2) is 4.98 Å². The van der Waals surface area contributed by atoms with Gasteiger partial charge in [0.1, 0.15) is 5.75 Å². The molecule has 1 amide bonds. The molecule has 8 nitrogen and oxygen atoms in total. The predicted octanol–water partition coefficient (Wildman–Crippen LogP) is 3.02. The molecule has 0 saturated carbocycles. The van der Waals surface area contributed by atoms with Crippen molar-refractivity contribution in [2.45, 2.75) is 13.0 Å². The molecule has 2 aromatic carbocycles. The highest BCUT2D eigenvalue weighted by atomic mass is 16.3. The summed E-state index contributed by atoms with van der Waals surface area (Å²) in [6.45, 7) is 6.10. The molecule has 5 rings (SSSR count). The van der Waals surface area contributed by atoms with E-state index in [-0.39, 0.29) is 17.7 Å². The van der Waals surface area contributed by atoms with E-state index in [0.29, 0.717) is 23.4 Å². The van der Waals surface area contributed by atoms with Crippen molar-refractivity contribution in [1.29, 1.82) is 0 Å². The number of hydrogen-bond acceptors (Lipinski definition) is 6. The van der Waals surface area contributed by atoms with E-state index in [4.69, 9.17) is 0 Å². The number of aromatic amines is 1. The number of hydrogen-bond donors (Lipinski definition) is 4. The molecule has 0 bridgehead atoms. The Kier molecular flexibility index (Phi) is 6.24. The Bertz CT molecular complexity index is 1280. The van der Waals surface area contributed by atoms with Gasteiger partial charge in [0.2, 0.25) is 0 Å². The molecule has 1 aliphatic heterocycles. The van der Waals surface area contributed by atoms with E-state index in [1.165, 1.54) is 5.56 Å². The van der Waals surface area contributed by atoms with E-state index in [1.54, 1.807) is 30.3 Å². The molecule has 1 saturated heterocycles. The van der Waals surface area contributed by atoms with Crippen molar-refractivity contribution >= 4 is 16.9 Å². The van der Waals surface area contributed by atoms with Crippen molar-refractivity contribution < 1.29 is 9.90 Å². The zero-order valence-electron chi connectivity index (χ0n) is 19.1. The van der Waals surface area contributed by atoms with Crippen molar-refractivity contribution in [3.05, 3.63) is 77.5 Å². The second-order valence-corrected chi connectivity index (χ2v) is 8.56. The van der Waals surface area contributed by atoms with Crippen LogP contribution >= 0.6 is 0 Å². The van der Waals surface area contributed by atoms with Crippen LogP contribution in [-0.2, 0) is 0 Å². The number of nitrogens with zero attached hydrogens (tertiary/aromatic N) is 3. The van der Waals surface area contributed by atoms with Crippen molar-refractivity contribution in [2.75, 3.05) is 32.7 Å². The monoisotopic (exact) mass is 456 g/mol. The number of carbonyl (C=O) groups is 1. The molecule has 4 aromatic rings. The summed E-state index contributed by atoms with van der Waals surface area (Å²) in [5.74, 6) is 0.0213. The fraction of sp³-hybridized carbons (Fsp3) is 0.269. The maximum Gasteiger partial charge on any atom is 0.252 e. The molecule has 34 heavy (non-hydrogen) atoms. The highest BCUT2D eigenvalue weighted by Crippen LogP contribution is 2.27. The number of aryl methyl sites for hydroxylation is 1. The van der Waals surface area contributed by atoms with Gasteiger partial charge >= 0.3 is 0 Å². The first kappa shape index (κ1) is 22.1. The van der Waals surface area contributed by atoms with Gasteiger partial charge < -0.3 is 15.7 Å². The highest BCUT2D eigenvalue weighted by Gasteiger charge is 2.24. The number of H-pyrrole nitrogens is 1. The first-order valence-electron chi connectivity index (χ1n) is 11.5. The summed E-state index contributed by atoms with van der Waals surface area (Å²) in [6, 6.07) is 19.0. The number of pyridine rings is 1. The maximum absolute atomic E-state index is 13.5. The summed E-state index contributed by atoms with van der Waals surface area (Å²) in [7, 11) is 0. The number of rotatable bonds is 6. The molecule has 174 valence electrons. The first-order chi connectivity index (χ1) is 16.6. The smallest absolute Gasteiger partial charge is 0.252 e. The number of phenolic OH excluding ortho intramolecular Hbond substituents is 1. The van der Waals surface area contributed by atoms with E-state index in [1.807, 2.05) is 25.1 Å². The third kappa shape index (κ3) is 4.50. The number of amides is 1. The molecule has 1 atom stereocenters. The van der Waals surface area contributed by atoms with Crippen LogP contribution in [-0.4, -0.2) is 63.8 Å². The minimum absolute atomic E-state index is 0.0894. The van der Waals surface area contributed by atoms with E-state index in [9.17, 15) is 9.90 Å². The fourth-order valence-electron chi connectivity index (χ4n) is 4.56. The molecular formula is C26H28N6O2. The van der Waals surface area contributed by atoms with Crippen LogP contribution in [0.25, 0.3) is 22.3 Å². The molecule has 1 aliphatic rings. The van der Waals surface area contributed by atoms with Crippen molar-refractivity contribution in [3.8, 4) is 17.0 Å². The zero-order chi connectivity index (χ0) is 23.5. The molecule has 0 radical (unpaired) electrons. The number of benzene rings is 2. The molecule has 0 aliphatic carbocycles. The Morgan fingerprint density at radius 3 is 2.59 bits per heavy atom. The average Bonchev–Trinajstić information content (AvgIpc) is 3.26. The quantitative estimate of drug-likeness (QED) is 0.355. The lowest BCUT2D eigenvalue weighted by atomic mass is 10.0. The lowest BCUT2D eigenvalue weighted by Gasteiger charge is -2.35. The zero-order valence-corrected chi connectivity index (χ0v) is 19.1. The van der Waals surface area contributed by atoms with E-state index in [2.05, 4.69) is 42.8 Å². The van der Waals surface area contributed by atoms with Gasteiger partial charge in [-0.15, -0.1) is 0 Å². The summed E-state index contributed by atoms with van der Waals surface area (Å²) >= 11 is 0. The molecule has 1 unspecified atom stereocenters. The van der Waals surface area contributed by atoms with Gasteiger partial charge in [0, 0.05) is 38.3 Å². The van der Waals surface area contributed by atoms with Gasteiger partial charge in [-0.05, 0) is 42.8 Å². The van der Waals surface area contributed by atoms with E-state index >= 15 is 0 Å². The highest BCUT2D eigenvalue weighted by molar-refractivity contribution is 6.07. The van der Waals surface area contributed by atoms with Crippen LogP contribution in [0.4, 0.5) is 0 Å². The fourth-order valence-corrected chi connectivity index (χ4v) is 4.56. The summed E-state index contributed by atoms with van der Waals surface area (Å²) in [5.41, 5.74) is 4.47. The van der Waals surface area contributed by atoms with Gasteiger partial charge in [0.25, 0.3) is 5.91 Å². The molecule has 3 heterocycles. The van der Waals surface area contributed by atoms with Crippen LogP contribution in [0.1, 0.15) is 27.7 Å². The minimum atomic E-state index is -0.159. The predicted molar refractivity (Wildman–Crippen MR) is 132 cm³/mol. The third-order valence-electron chi connectivity index (χ3n) is 6.35. The van der Waals surface area contributed by atoms with Gasteiger partial charge in [-0.1, -0.05) is 30.3 Å². The summed E-state index contributed by atoms with van der Waals surface area (Å²) in [5, 5.41) is 24.2. The van der Waals surface area contributed by atoms with Crippen LogP contribution in [0, 0.1) is 6.92 Å². The van der Waals surface area contributed by atoms with Crippen LogP contribution < -0.4 is 10.6 Å². The van der Waals surface area contributed by atoms with Gasteiger partial charge in [0.15, 0.2) is 5.65 Å².